The van der Waals surface area contributed by atoms with Crippen LogP contribution in [0, 0.1) is 0 Å². The number of rotatable bonds is 6. The number of benzene rings is 3. The van der Waals surface area contributed by atoms with Crippen molar-refractivity contribution in [2.45, 2.75) is 26.1 Å². The predicted octanol–water partition coefficient (Wildman–Crippen LogP) is 3.94. The largest absolute Gasteiger partial charge is 0.489 e. The first kappa shape index (κ1) is 18.1. The molecule has 0 spiro atoms. The Labute approximate surface area is 163 Å². The van der Waals surface area contributed by atoms with Gasteiger partial charge in [0.15, 0.2) is 0 Å². The summed E-state index contributed by atoms with van der Waals surface area (Å²) in [4.78, 5) is 11.1. The first-order chi connectivity index (χ1) is 13.7. The van der Waals surface area contributed by atoms with Crippen molar-refractivity contribution in [2.75, 3.05) is 5.32 Å². The van der Waals surface area contributed by atoms with Crippen LogP contribution in [0.2, 0.25) is 0 Å². The average molecular weight is 374 g/mol. The van der Waals surface area contributed by atoms with Crippen LogP contribution in [0.4, 0.5) is 5.69 Å². The molecule has 3 aromatic rings. The van der Waals surface area contributed by atoms with Crippen molar-refractivity contribution >= 4 is 11.7 Å². The average Bonchev–Trinajstić information content (AvgIpc) is 2.72. The highest BCUT2D eigenvalue weighted by Gasteiger charge is 2.18. The lowest BCUT2D eigenvalue weighted by atomic mass is 9.91. The second-order valence-electron chi connectivity index (χ2n) is 6.86. The zero-order valence-electron chi connectivity index (χ0n) is 15.4. The van der Waals surface area contributed by atoms with Gasteiger partial charge in [0.1, 0.15) is 12.4 Å². The fourth-order valence-electron chi connectivity index (χ4n) is 3.62. The van der Waals surface area contributed by atoms with E-state index < -0.39 is 5.97 Å². The Kier molecular flexibility index (Phi) is 5.00. The number of nitrogens with one attached hydrogen (secondary N) is 1. The number of aliphatic carboxylic acids is 1. The van der Waals surface area contributed by atoms with E-state index in [-0.39, 0.29) is 6.42 Å². The van der Waals surface area contributed by atoms with Crippen LogP contribution in [0.1, 0.15) is 22.3 Å². The second kappa shape index (κ2) is 7.74. The maximum Gasteiger partial charge on any atom is 0.307 e. The Balaban J connectivity index is 1.60. The molecule has 0 saturated carbocycles. The molecule has 3 aromatic carbocycles. The van der Waals surface area contributed by atoms with Gasteiger partial charge >= 0.3 is 5.97 Å². The Morgan fingerprint density at radius 1 is 1.04 bits per heavy atom. The van der Waals surface area contributed by atoms with Crippen molar-refractivity contribution in [3.8, 4) is 16.9 Å². The minimum Gasteiger partial charge on any atom is -0.489 e. The summed E-state index contributed by atoms with van der Waals surface area (Å²) in [6, 6.07) is 19.8. The summed E-state index contributed by atoms with van der Waals surface area (Å²) in [5, 5.41) is 12.5. The van der Waals surface area contributed by atoms with Crippen molar-refractivity contribution in [3.63, 3.8) is 0 Å². The molecule has 0 aromatic heterocycles. The van der Waals surface area contributed by atoms with E-state index in [0.717, 1.165) is 28.9 Å². The van der Waals surface area contributed by atoms with E-state index in [2.05, 4.69) is 29.6 Å². The summed E-state index contributed by atoms with van der Waals surface area (Å²) in [6.07, 6.45) is -0.0543. The molecule has 4 N–H and O–H groups in total. The van der Waals surface area contributed by atoms with E-state index in [9.17, 15) is 4.79 Å². The van der Waals surface area contributed by atoms with Crippen LogP contribution >= 0.6 is 0 Å². The van der Waals surface area contributed by atoms with Crippen LogP contribution < -0.4 is 15.8 Å². The number of carbonyl (C=O) groups is 1. The lowest BCUT2D eigenvalue weighted by Gasteiger charge is -2.24. The van der Waals surface area contributed by atoms with E-state index >= 15 is 0 Å². The summed E-state index contributed by atoms with van der Waals surface area (Å²) in [7, 11) is 0. The van der Waals surface area contributed by atoms with E-state index in [1.54, 1.807) is 6.07 Å². The van der Waals surface area contributed by atoms with E-state index in [1.165, 1.54) is 11.1 Å². The predicted molar refractivity (Wildman–Crippen MR) is 109 cm³/mol. The standard InChI is InChI=1S/C23H22N2O3/c24-12-17-5-3-6-19-20-10-15(8-9-18(20)13-25-23(17)19)14-28-21-7-2-1-4-16(21)11-22(26)27/h1-10,25H,11-14,24H2,(H,26,27). The summed E-state index contributed by atoms with van der Waals surface area (Å²) < 4.78 is 5.95. The van der Waals surface area contributed by atoms with Crippen molar-refractivity contribution in [1.82, 2.24) is 0 Å². The minimum absolute atomic E-state index is 0.0543. The van der Waals surface area contributed by atoms with E-state index in [4.69, 9.17) is 15.6 Å². The highest BCUT2D eigenvalue weighted by atomic mass is 16.5. The molecule has 142 valence electrons. The van der Waals surface area contributed by atoms with Crippen LogP contribution in [-0.2, 0) is 30.9 Å². The maximum absolute atomic E-state index is 11.1. The van der Waals surface area contributed by atoms with Gasteiger partial charge in [0, 0.05) is 29.9 Å². The monoisotopic (exact) mass is 374 g/mol. The number of carboxylic acid groups (broad SMARTS) is 1. The SMILES string of the molecule is NCc1cccc2c1NCc1ccc(COc3ccccc3CC(=O)O)cc1-2. The molecule has 0 aliphatic carbocycles. The number of fused-ring (bicyclic) bond motifs is 3. The molecule has 4 rings (SSSR count). The fraction of sp³-hybridized carbons (Fsp3) is 0.174. The van der Waals surface area contributed by atoms with Crippen molar-refractivity contribution in [1.29, 1.82) is 0 Å². The molecular formula is C23H22N2O3. The third kappa shape index (κ3) is 3.57. The van der Waals surface area contributed by atoms with Gasteiger partial charge in [-0.25, -0.2) is 0 Å². The molecule has 0 atom stereocenters. The maximum atomic E-state index is 11.1. The number of nitrogens with two attached hydrogens (primary N) is 1. The molecular weight excluding hydrogens is 352 g/mol. The molecule has 28 heavy (non-hydrogen) atoms. The zero-order chi connectivity index (χ0) is 19.5. The van der Waals surface area contributed by atoms with Gasteiger partial charge in [0.05, 0.1) is 6.42 Å². The van der Waals surface area contributed by atoms with Gasteiger partial charge in [-0.15, -0.1) is 0 Å². The Hall–Kier alpha value is -3.31. The molecule has 0 saturated heterocycles. The number of para-hydroxylation sites is 2. The Bertz CT molecular complexity index is 1030. The number of hydrogen-bond donors (Lipinski definition) is 3. The lowest BCUT2D eigenvalue weighted by Crippen LogP contribution is -2.13. The molecule has 5 heteroatoms. The zero-order valence-corrected chi connectivity index (χ0v) is 15.4. The normalized spacial score (nSPS) is 11.9. The summed E-state index contributed by atoms with van der Waals surface area (Å²) in [5.41, 5.74) is 13.4. The van der Waals surface area contributed by atoms with Crippen LogP contribution in [0.15, 0.2) is 60.7 Å². The first-order valence-electron chi connectivity index (χ1n) is 9.26. The molecule has 1 heterocycles. The topological polar surface area (TPSA) is 84.6 Å². The number of carboxylic acids is 1. The third-order valence-corrected chi connectivity index (χ3v) is 5.00. The molecule has 1 aliphatic heterocycles. The summed E-state index contributed by atoms with van der Waals surface area (Å²) in [6.45, 7) is 1.64. The smallest absolute Gasteiger partial charge is 0.307 e. The van der Waals surface area contributed by atoms with E-state index in [1.807, 2.05) is 30.3 Å². The van der Waals surface area contributed by atoms with Crippen molar-refractivity contribution in [3.05, 3.63) is 82.9 Å². The number of anilines is 1. The van der Waals surface area contributed by atoms with Gasteiger partial charge in [-0.1, -0.05) is 48.5 Å². The van der Waals surface area contributed by atoms with Gasteiger partial charge in [-0.2, -0.15) is 0 Å². The van der Waals surface area contributed by atoms with Gasteiger partial charge in [0.25, 0.3) is 0 Å². The Morgan fingerprint density at radius 3 is 2.68 bits per heavy atom. The van der Waals surface area contributed by atoms with Gasteiger partial charge in [-0.05, 0) is 34.4 Å². The van der Waals surface area contributed by atoms with Gasteiger partial charge < -0.3 is 20.9 Å². The fourth-order valence-corrected chi connectivity index (χ4v) is 3.62. The molecule has 0 unspecified atom stereocenters. The Morgan fingerprint density at radius 2 is 1.86 bits per heavy atom. The van der Waals surface area contributed by atoms with Gasteiger partial charge in [-0.3, -0.25) is 4.79 Å². The van der Waals surface area contributed by atoms with Crippen molar-refractivity contribution < 1.29 is 14.6 Å². The first-order valence-corrected chi connectivity index (χ1v) is 9.26. The molecule has 0 fully saturated rings. The minimum atomic E-state index is -0.871. The summed E-state index contributed by atoms with van der Waals surface area (Å²) in [5.74, 6) is -0.264. The number of hydrogen-bond acceptors (Lipinski definition) is 4. The quantitative estimate of drug-likeness (QED) is 0.608. The highest BCUT2D eigenvalue weighted by molar-refractivity contribution is 5.85. The van der Waals surface area contributed by atoms with Crippen LogP contribution in [-0.4, -0.2) is 11.1 Å². The van der Waals surface area contributed by atoms with E-state index in [0.29, 0.717) is 24.5 Å². The molecule has 0 radical (unpaired) electrons. The highest BCUT2D eigenvalue weighted by Crippen LogP contribution is 2.38. The van der Waals surface area contributed by atoms with Crippen LogP contribution in [0.5, 0.6) is 5.75 Å². The summed E-state index contributed by atoms with van der Waals surface area (Å²) >= 11 is 0. The molecule has 1 aliphatic rings. The molecule has 5 nitrogen and oxygen atoms in total. The number of ether oxygens (including phenoxy) is 1. The van der Waals surface area contributed by atoms with Crippen LogP contribution in [0.3, 0.4) is 0 Å². The molecule has 0 bridgehead atoms. The van der Waals surface area contributed by atoms with Crippen molar-refractivity contribution in [2.24, 2.45) is 5.73 Å². The molecule has 0 amide bonds. The van der Waals surface area contributed by atoms with Crippen LogP contribution in [0.25, 0.3) is 11.1 Å². The van der Waals surface area contributed by atoms with Gasteiger partial charge in [0.2, 0.25) is 0 Å². The lowest BCUT2D eigenvalue weighted by molar-refractivity contribution is -0.136. The third-order valence-electron chi connectivity index (χ3n) is 5.00. The second-order valence-corrected chi connectivity index (χ2v) is 6.86.